The number of rotatable bonds is 1. The van der Waals surface area contributed by atoms with Gasteiger partial charge in [-0.15, -0.1) is 4.91 Å². The molecule has 0 saturated carbocycles. The van der Waals surface area contributed by atoms with E-state index in [0.717, 1.165) is 6.07 Å². The Labute approximate surface area is 76.1 Å². The van der Waals surface area contributed by atoms with Gasteiger partial charge in [0.1, 0.15) is 0 Å². The van der Waals surface area contributed by atoms with Crippen LogP contribution in [0.2, 0.25) is 0 Å². The minimum Gasteiger partial charge on any atom is -0.493 e. The summed E-state index contributed by atoms with van der Waals surface area (Å²) < 4.78 is 25.8. The fraction of sp³-hybridized carbons (Fsp3) is 0. The SMILES string of the molecule is O=Nc1c(O)[nH]c2c(F)c(F)ccc12. The summed E-state index contributed by atoms with van der Waals surface area (Å²) in [7, 11) is 0. The van der Waals surface area contributed by atoms with Crippen LogP contribution in [0.4, 0.5) is 14.5 Å². The van der Waals surface area contributed by atoms with Crippen LogP contribution in [0.15, 0.2) is 17.3 Å². The summed E-state index contributed by atoms with van der Waals surface area (Å²) in [5.41, 5.74) is -0.587. The number of fused-ring (bicyclic) bond motifs is 1. The Bertz CT molecular complexity index is 522. The number of nitrogens with one attached hydrogen (secondary N) is 1. The zero-order valence-corrected chi connectivity index (χ0v) is 6.71. The standard InChI is InChI=1S/C8H4F2N2O2/c9-4-2-1-3-6(5(4)10)11-8(13)7(3)12-14/h1-2,11,13H. The number of nitroso groups, excluding NO2 is 1. The van der Waals surface area contributed by atoms with E-state index in [2.05, 4.69) is 10.2 Å². The third-order valence-corrected chi connectivity index (χ3v) is 1.91. The lowest BCUT2D eigenvalue weighted by atomic mass is 10.2. The molecule has 6 heteroatoms. The predicted octanol–water partition coefficient (Wildman–Crippen LogP) is 2.55. The minimum atomic E-state index is -1.15. The molecule has 0 saturated heterocycles. The summed E-state index contributed by atoms with van der Waals surface area (Å²) in [6.45, 7) is 0. The summed E-state index contributed by atoms with van der Waals surface area (Å²) in [6, 6.07) is 2.03. The second-order valence-corrected chi connectivity index (χ2v) is 2.70. The Morgan fingerprint density at radius 3 is 2.71 bits per heavy atom. The lowest BCUT2D eigenvalue weighted by Crippen LogP contribution is -1.83. The normalized spacial score (nSPS) is 10.7. The molecule has 2 N–H and O–H groups in total. The first-order chi connectivity index (χ1) is 6.65. The molecule has 0 spiro atoms. The molecular weight excluding hydrogens is 194 g/mol. The van der Waals surface area contributed by atoms with Crippen LogP contribution >= 0.6 is 0 Å². The van der Waals surface area contributed by atoms with E-state index in [9.17, 15) is 13.7 Å². The van der Waals surface area contributed by atoms with Crippen molar-refractivity contribution < 1.29 is 13.9 Å². The maximum Gasteiger partial charge on any atom is 0.219 e. The van der Waals surface area contributed by atoms with Gasteiger partial charge in [0.15, 0.2) is 17.3 Å². The van der Waals surface area contributed by atoms with Crippen molar-refractivity contribution in [2.75, 3.05) is 0 Å². The van der Waals surface area contributed by atoms with Gasteiger partial charge in [-0.25, -0.2) is 8.78 Å². The first kappa shape index (κ1) is 8.61. The van der Waals surface area contributed by atoms with Gasteiger partial charge in [-0.2, -0.15) is 0 Å². The fourth-order valence-corrected chi connectivity index (χ4v) is 1.27. The molecule has 1 heterocycles. The second kappa shape index (κ2) is 2.76. The van der Waals surface area contributed by atoms with E-state index in [0.29, 0.717) is 0 Å². The van der Waals surface area contributed by atoms with Crippen LogP contribution in [-0.2, 0) is 0 Å². The van der Waals surface area contributed by atoms with Gasteiger partial charge in [-0.1, -0.05) is 0 Å². The van der Waals surface area contributed by atoms with Crippen molar-refractivity contribution in [1.82, 2.24) is 4.98 Å². The van der Waals surface area contributed by atoms with Gasteiger partial charge in [-0.3, -0.25) is 0 Å². The molecule has 0 radical (unpaired) electrons. The fourth-order valence-electron chi connectivity index (χ4n) is 1.27. The Morgan fingerprint density at radius 1 is 1.36 bits per heavy atom. The van der Waals surface area contributed by atoms with Crippen LogP contribution in [0.3, 0.4) is 0 Å². The molecule has 4 nitrogen and oxygen atoms in total. The summed E-state index contributed by atoms with van der Waals surface area (Å²) in [5.74, 6) is -2.77. The molecule has 1 aromatic heterocycles. The van der Waals surface area contributed by atoms with Crippen molar-refractivity contribution in [2.24, 2.45) is 5.18 Å². The molecule has 72 valence electrons. The van der Waals surface area contributed by atoms with Gasteiger partial charge >= 0.3 is 0 Å². The van der Waals surface area contributed by atoms with E-state index in [1.807, 2.05) is 0 Å². The molecule has 0 atom stereocenters. The summed E-state index contributed by atoms with van der Waals surface area (Å²) in [5, 5.41) is 11.7. The van der Waals surface area contributed by atoms with Gasteiger partial charge in [0, 0.05) is 5.39 Å². The third kappa shape index (κ3) is 0.968. The highest BCUT2D eigenvalue weighted by Gasteiger charge is 2.16. The van der Waals surface area contributed by atoms with Crippen LogP contribution in [-0.4, -0.2) is 10.1 Å². The number of aromatic nitrogens is 1. The van der Waals surface area contributed by atoms with E-state index >= 15 is 0 Å². The van der Waals surface area contributed by atoms with Gasteiger partial charge in [-0.05, 0) is 17.3 Å². The Morgan fingerprint density at radius 2 is 2.07 bits per heavy atom. The number of H-pyrrole nitrogens is 1. The monoisotopic (exact) mass is 198 g/mol. The lowest BCUT2D eigenvalue weighted by Gasteiger charge is -1.93. The number of hydrogen-bond donors (Lipinski definition) is 2. The van der Waals surface area contributed by atoms with Gasteiger partial charge in [0.2, 0.25) is 5.88 Å². The summed E-state index contributed by atoms with van der Waals surface area (Å²) in [4.78, 5) is 12.4. The molecule has 0 aliphatic rings. The number of benzene rings is 1. The van der Waals surface area contributed by atoms with Crippen LogP contribution in [0, 0.1) is 16.5 Å². The predicted molar refractivity (Wildman–Crippen MR) is 45.3 cm³/mol. The Kier molecular flexibility index (Phi) is 1.70. The maximum atomic E-state index is 13.1. The van der Waals surface area contributed by atoms with Crippen LogP contribution < -0.4 is 0 Å². The Hall–Kier alpha value is -1.98. The first-order valence-electron chi connectivity index (χ1n) is 3.67. The minimum absolute atomic E-state index is 0.0522. The average Bonchev–Trinajstić information content (AvgIpc) is 2.49. The Balaban J connectivity index is 2.93. The number of aromatic amines is 1. The molecule has 0 unspecified atom stereocenters. The van der Waals surface area contributed by atoms with E-state index in [1.54, 1.807) is 0 Å². The lowest BCUT2D eigenvalue weighted by molar-refractivity contribution is 0.458. The highest BCUT2D eigenvalue weighted by Crippen LogP contribution is 2.36. The summed E-state index contributed by atoms with van der Waals surface area (Å²) >= 11 is 0. The topological polar surface area (TPSA) is 65.4 Å². The largest absolute Gasteiger partial charge is 0.493 e. The molecule has 2 rings (SSSR count). The van der Waals surface area contributed by atoms with E-state index in [4.69, 9.17) is 5.11 Å². The number of halogens is 2. The number of nitrogens with zero attached hydrogens (tertiary/aromatic N) is 1. The van der Waals surface area contributed by atoms with Crippen molar-refractivity contribution in [1.29, 1.82) is 0 Å². The van der Waals surface area contributed by atoms with E-state index < -0.39 is 17.5 Å². The van der Waals surface area contributed by atoms with Gasteiger partial charge in [0.05, 0.1) is 5.52 Å². The molecule has 0 amide bonds. The molecule has 0 fully saturated rings. The van der Waals surface area contributed by atoms with Crippen molar-refractivity contribution in [3.63, 3.8) is 0 Å². The molecule has 0 aliphatic heterocycles. The molecule has 0 bridgehead atoms. The number of hydrogen-bond acceptors (Lipinski definition) is 3. The van der Waals surface area contributed by atoms with E-state index in [-0.39, 0.29) is 16.6 Å². The smallest absolute Gasteiger partial charge is 0.219 e. The maximum absolute atomic E-state index is 13.1. The quantitative estimate of drug-likeness (QED) is 0.691. The van der Waals surface area contributed by atoms with Crippen LogP contribution in [0.1, 0.15) is 0 Å². The molecular formula is C8H4F2N2O2. The third-order valence-electron chi connectivity index (χ3n) is 1.91. The van der Waals surface area contributed by atoms with Crippen LogP contribution in [0.25, 0.3) is 10.9 Å². The zero-order chi connectivity index (χ0) is 10.3. The first-order valence-corrected chi connectivity index (χ1v) is 3.67. The zero-order valence-electron chi connectivity index (χ0n) is 6.71. The molecule has 0 aliphatic carbocycles. The van der Waals surface area contributed by atoms with Crippen molar-refractivity contribution in [3.8, 4) is 5.88 Å². The average molecular weight is 198 g/mol. The highest BCUT2D eigenvalue weighted by atomic mass is 19.2. The van der Waals surface area contributed by atoms with E-state index in [1.165, 1.54) is 6.07 Å². The number of aromatic hydroxyl groups is 1. The van der Waals surface area contributed by atoms with Gasteiger partial charge < -0.3 is 10.1 Å². The molecule has 1 aromatic carbocycles. The summed E-state index contributed by atoms with van der Waals surface area (Å²) in [6.07, 6.45) is 0. The van der Waals surface area contributed by atoms with Crippen molar-refractivity contribution >= 4 is 16.6 Å². The van der Waals surface area contributed by atoms with Crippen molar-refractivity contribution in [3.05, 3.63) is 28.7 Å². The highest BCUT2D eigenvalue weighted by molar-refractivity contribution is 5.94. The van der Waals surface area contributed by atoms with Crippen LogP contribution in [0.5, 0.6) is 5.88 Å². The second-order valence-electron chi connectivity index (χ2n) is 2.70. The molecule has 14 heavy (non-hydrogen) atoms. The van der Waals surface area contributed by atoms with Gasteiger partial charge in [0.25, 0.3) is 0 Å². The van der Waals surface area contributed by atoms with Crippen molar-refractivity contribution in [2.45, 2.75) is 0 Å². The molecule has 2 aromatic rings.